The monoisotopic (exact) mass is 364 g/mol. The Labute approximate surface area is 149 Å². The highest BCUT2D eigenvalue weighted by Gasteiger charge is 2.30. The Morgan fingerprint density at radius 3 is 2.00 bits per heavy atom. The minimum atomic E-state index is -4.44. The van der Waals surface area contributed by atoms with Gasteiger partial charge in [-0.2, -0.15) is 13.2 Å². The molecule has 26 heavy (non-hydrogen) atoms. The minimum absolute atomic E-state index is 0.211. The molecule has 7 heteroatoms. The third kappa shape index (κ3) is 5.08. The van der Waals surface area contributed by atoms with Crippen LogP contribution >= 0.6 is 0 Å². The normalized spacial score (nSPS) is 12.5. The smallest absolute Gasteiger partial charge is 0.340 e. The van der Waals surface area contributed by atoms with E-state index in [2.05, 4.69) is 10.6 Å². The number of halogens is 3. The summed E-state index contributed by atoms with van der Waals surface area (Å²) in [6.07, 6.45) is -4.44. The first kappa shape index (κ1) is 19.5. The molecule has 2 aromatic rings. The molecule has 0 fully saturated rings. The molecule has 2 rings (SSSR count). The highest BCUT2D eigenvalue weighted by atomic mass is 19.4. The van der Waals surface area contributed by atoms with Crippen LogP contribution in [-0.2, 0) is 11.0 Å². The van der Waals surface area contributed by atoms with Crippen molar-refractivity contribution in [2.75, 3.05) is 5.32 Å². The van der Waals surface area contributed by atoms with Gasteiger partial charge in [0.15, 0.2) is 0 Å². The highest BCUT2D eigenvalue weighted by Crippen LogP contribution is 2.29. The first-order chi connectivity index (χ1) is 12.2. The molecule has 4 nitrogen and oxygen atoms in total. The number of hydrogen-bond donors (Lipinski definition) is 2. The summed E-state index contributed by atoms with van der Waals surface area (Å²) in [6, 6.07) is 11.8. The van der Waals surface area contributed by atoms with E-state index < -0.39 is 29.6 Å². The molecule has 0 aliphatic rings. The molecule has 0 aliphatic heterocycles. The lowest BCUT2D eigenvalue weighted by molar-refractivity contribution is -0.137. The molecule has 0 saturated carbocycles. The van der Waals surface area contributed by atoms with Crippen LogP contribution in [0.15, 0.2) is 54.6 Å². The van der Waals surface area contributed by atoms with E-state index >= 15 is 0 Å². The van der Waals surface area contributed by atoms with Crippen molar-refractivity contribution in [2.45, 2.75) is 26.1 Å². The van der Waals surface area contributed by atoms with Crippen LogP contribution in [0.25, 0.3) is 0 Å². The van der Waals surface area contributed by atoms with Crippen molar-refractivity contribution in [3.63, 3.8) is 0 Å². The number of carbonyl (C=O) groups is 2. The second kappa shape index (κ2) is 8.03. The van der Waals surface area contributed by atoms with Gasteiger partial charge < -0.3 is 10.6 Å². The molecule has 2 amide bonds. The summed E-state index contributed by atoms with van der Waals surface area (Å²) >= 11 is 0. The number of carbonyl (C=O) groups excluding carboxylic acids is 2. The lowest BCUT2D eigenvalue weighted by Crippen LogP contribution is -2.47. The van der Waals surface area contributed by atoms with Crippen molar-refractivity contribution < 1.29 is 22.8 Å². The van der Waals surface area contributed by atoms with Crippen molar-refractivity contribution in [3.8, 4) is 0 Å². The SMILES string of the molecule is CC(C)[C@H](NC(=O)c1ccccc1)C(=O)Nc1ccc(C(F)(F)F)cc1. The van der Waals surface area contributed by atoms with Crippen molar-refractivity contribution in [2.24, 2.45) is 5.92 Å². The maximum absolute atomic E-state index is 12.6. The fourth-order valence-corrected chi connectivity index (χ4v) is 2.31. The van der Waals surface area contributed by atoms with Gasteiger partial charge in [0.25, 0.3) is 5.91 Å². The Morgan fingerprint density at radius 2 is 1.50 bits per heavy atom. The second-order valence-electron chi connectivity index (χ2n) is 6.13. The third-order valence-electron chi connectivity index (χ3n) is 3.75. The van der Waals surface area contributed by atoms with E-state index in [1.54, 1.807) is 44.2 Å². The molecule has 0 bridgehead atoms. The maximum Gasteiger partial charge on any atom is 0.416 e. The van der Waals surface area contributed by atoms with Crippen LogP contribution in [0, 0.1) is 5.92 Å². The summed E-state index contributed by atoms with van der Waals surface area (Å²) < 4.78 is 37.8. The number of rotatable bonds is 5. The number of benzene rings is 2. The van der Waals surface area contributed by atoms with Gasteiger partial charge >= 0.3 is 6.18 Å². The Bertz CT molecular complexity index is 757. The maximum atomic E-state index is 12.6. The van der Waals surface area contributed by atoms with E-state index in [0.29, 0.717) is 5.56 Å². The zero-order chi connectivity index (χ0) is 19.3. The third-order valence-corrected chi connectivity index (χ3v) is 3.75. The van der Waals surface area contributed by atoms with Crippen molar-refractivity contribution in [1.82, 2.24) is 5.32 Å². The molecule has 138 valence electrons. The fourth-order valence-electron chi connectivity index (χ4n) is 2.31. The predicted molar refractivity (Wildman–Crippen MR) is 92.6 cm³/mol. The Kier molecular flexibility index (Phi) is 6.02. The number of amides is 2. The second-order valence-corrected chi connectivity index (χ2v) is 6.13. The summed E-state index contributed by atoms with van der Waals surface area (Å²) in [4.78, 5) is 24.7. The van der Waals surface area contributed by atoms with E-state index in [1.165, 1.54) is 12.1 Å². The molecule has 0 radical (unpaired) electrons. The number of nitrogens with one attached hydrogen (secondary N) is 2. The zero-order valence-corrected chi connectivity index (χ0v) is 14.3. The van der Waals surface area contributed by atoms with Crippen LogP contribution in [0.3, 0.4) is 0 Å². The van der Waals surface area contributed by atoms with Gasteiger partial charge in [-0.05, 0) is 42.3 Å². The Hall–Kier alpha value is -2.83. The zero-order valence-electron chi connectivity index (χ0n) is 14.3. The van der Waals surface area contributed by atoms with Crippen molar-refractivity contribution in [3.05, 3.63) is 65.7 Å². The van der Waals surface area contributed by atoms with Gasteiger partial charge in [0.05, 0.1) is 5.56 Å². The molecule has 2 N–H and O–H groups in total. The van der Waals surface area contributed by atoms with Crippen LogP contribution in [0.1, 0.15) is 29.8 Å². The van der Waals surface area contributed by atoms with Crippen molar-refractivity contribution in [1.29, 1.82) is 0 Å². The largest absolute Gasteiger partial charge is 0.416 e. The quantitative estimate of drug-likeness (QED) is 0.839. The molecule has 0 aromatic heterocycles. The summed E-state index contributed by atoms with van der Waals surface area (Å²) in [6.45, 7) is 3.53. The molecule has 0 unspecified atom stereocenters. The first-order valence-electron chi connectivity index (χ1n) is 8.02. The fraction of sp³-hybridized carbons (Fsp3) is 0.263. The number of hydrogen-bond acceptors (Lipinski definition) is 2. The summed E-state index contributed by atoms with van der Waals surface area (Å²) in [5.74, 6) is -1.10. The van der Waals surface area contributed by atoms with Gasteiger partial charge in [0.2, 0.25) is 5.91 Å². The van der Waals surface area contributed by atoms with E-state index in [9.17, 15) is 22.8 Å². The Balaban J connectivity index is 2.07. The average Bonchev–Trinajstić information content (AvgIpc) is 2.59. The van der Waals surface area contributed by atoms with Crippen LogP contribution < -0.4 is 10.6 Å². The lowest BCUT2D eigenvalue weighted by Gasteiger charge is -2.22. The highest BCUT2D eigenvalue weighted by molar-refractivity contribution is 6.01. The first-order valence-corrected chi connectivity index (χ1v) is 8.02. The predicted octanol–water partition coefficient (Wildman–Crippen LogP) is 4.10. The van der Waals surface area contributed by atoms with Gasteiger partial charge in [0, 0.05) is 11.3 Å². The molecule has 2 aromatic carbocycles. The molecular formula is C19H19F3N2O2. The molecule has 1 atom stereocenters. The van der Waals surface area contributed by atoms with E-state index in [1.807, 2.05) is 0 Å². The molecular weight excluding hydrogens is 345 g/mol. The number of anilines is 1. The summed E-state index contributed by atoms with van der Waals surface area (Å²) in [5, 5.41) is 5.20. The van der Waals surface area contributed by atoms with Gasteiger partial charge in [-0.3, -0.25) is 9.59 Å². The van der Waals surface area contributed by atoms with Crippen LogP contribution in [0.4, 0.5) is 18.9 Å². The lowest BCUT2D eigenvalue weighted by atomic mass is 10.0. The topological polar surface area (TPSA) is 58.2 Å². The standard InChI is InChI=1S/C19H19F3N2O2/c1-12(2)16(24-17(25)13-6-4-3-5-7-13)18(26)23-15-10-8-14(9-11-15)19(20,21)22/h3-12,16H,1-2H3,(H,23,26)(H,24,25)/t16-/m0/s1. The van der Waals surface area contributed by atoms with Crippen LogP contribution in [0.2, 0.25) is 0 Å². The van der Waals surface area contributed by atoms with E-state index in [4.69, 9.17) is 0 Å². The molecule has 0 aliphatic carbocycles. The molecule has 0 spiro atoms. The van der Waals surface area contributed by atoms with Crippen molar-refractivity contribution >= 4 is 17.5 Å². The molecule has 0 heterocycles. The van der Waals surface area contributed by atoms with Gasteiger partial charge in [0.1, 0.15) is 6.04 Å². The number of alkyl halides is 3. The van der Waals surface area contributed by atoms with E-state index in [0.717, 1.165) is 12.1 Å². The van der Waals surface area contributed by atoms with Gasteiger partial charge in [-0.15, -0.1) is 0 Å². The summed E-state index contributed by atoms with van der Waals surface area (Å²) in [7, 11) is 0. The average molecular weight is 364 g/mol. The van der Waals surface area contributed by atoms with E-state index in [-0.39, 0.29) is 11.6 Å². The van der Waals surface area contributed by atoms with Crippen LogP contribution in [-0.4, -0.2) is 17.9 Å². The summed E-state index contributed by atoms with van der Waals surface area (Å²) in [5.41, 5.74) is -0.156. The van der Waals surface area contributed by atoms with Crippen LogP contribution in [0.5, 0.6) is 0 Å². The van der Waals surface area contributed by atoms with Gasteiger partial charge in [-0.1, -0.05) is 32.0 Å². The minimum Gasteiger partial charge on any atom is -0.340 e. The molecule has 0 saturated heterocycles. The van der Waals surface area contributed by atoms with Gasteiger partial charge in [-0.25, -0.2) is 0 Å². The Morgan fingerprint density at radius 1 is 0.923 bits per heavy atom.